The fraction of sp³-hybridized carbons (Fsp3) is 0.933. The molecule has 112 valence electrons. The highest BCUT2D eigenvalue weighted by Gasteiger charge is 2.34. The van der Waals surface area contributed by atoms with Gasteiger partial charge < -0.3 is 10.5 Å². The summed E-state index contributed by atoms with van der Waals surface area (Å²) in [6.07, 6.45) is 6.19. The molecule has 4 atom stereocenters. The van der Waals surface area contributed by atoms with Gasteiger partial charge in [0.15, 0.2) is 0 Å². The fourth-order valence-electron chi connectivity index (χ4n) is 2.85. The molecule has 0 aromatic carbocycles. The Balaban J connectivity index is 2.53. The molecule has 1 rings (SSSR count). The highest BCUT2D eigenvalue weighted by atomic mass is 32.2. The van der Waals surface area contributed by atoms with Crippen LogP contribution in [0.3, 0.4) is 0 Å². The monoisotopic (exact) mass is 287 g/mol. The summed E-state index contributed by atoms with van der Waals surface area (Å²) in [7, 11) is 0. The first-order chi connectivity index (χ1) is 8.95. The van der Waals surface area contributed by atoms with E-state index in [-0.39, 0.29) is 12.1 Å². The van der Waals surface area contributed by atoms with Crippen molar-refractivity contribution in [3.05, 3.63) is 0 Å². The summed E-state index contributed by atoms with van der Waals surface area (Å²) in [5.41, 5.74) is 5.89. The summed E-state index contributed by atoms with van der Waals surface area (Å²) < 4.78 is 5.72. The van der Waals surface area contributed by atoms with Crippen LogP contribution in [0.4, 0.5) is 0 Å². The van der Waals surface area contributed by atoms with Crippen LogP contribution >= 0.6 is 11.8 Å². The molecule has 3 nitrogen and oxygen atoms in total. The van der Waals surface area contributed by atoms with Crippen molar-refractivity contribution in [1.29, 1.82) is 0 Å². The van der Waals surface area contributed by atoms with E-state index in [0.717, 1.165) is 18.6 Å². The van der Waals surface area contributed by atoms with Crippen LogP contribution in [0.5, 0.6) is 0 Å². The molecular formula is C15H29NO2S. The second kappa shape index (κ2) is 8.15. The number of ether oxygens (including phenoxy) is 1. The number of rotatable bonds is 6. The van der Waals surface area contributed by atoms with Crippen LogP contribution in [0.25, 0.3) is 0 Å². The lowest BCUT2D eigenvalue weighted by atomic mass is 9.75. The van der Waals surface area contributed by atoms with Crippen LogP contribution in [0.2, 0.25) is 0 Å². The van der Waals surface area contributed by atoms with Gasteiger partial charge in [-0.2, -0.15) is 11.8 Å². The fourth-order valence-corrected chi connectivity index (χ4v) is 3.34. The molecule has 4 heteroatoms. The normalized spacial score (nSPS) is 29.3. The van der Waals surface area contributed by atoms with Gasteiger partial charge in [-0.3, -0.25) is 4.79 Å². The van der Waals surface area contributed by atoms with Crippen molar-refractivity contribution < 1.29 is 9.53 Å². The van der Waals surface area contributed by atoms with Gasteiger partial charge in [0, 0.05) is 0 Å². The highest BCUT2D eigenvalue weighted by molar-refractivity contribution is 7.98. The minimum atomic E-state index is -0.461. The molecule has 0 spiro atoms. The van der Waals surface area contributed by atoms with Crippen LogP contribution in [-0.4, -0.2) is 30.1 Å². The third-order valence-corrected chi connectivity index (χ3v) is 4.81. The average molecular weight is 287 g/mol. The molecule has 0 radical (unpaired) electrons. The molecule has 1 saturated carbocycles. The van der Waals surface area contributed by atoms with E-state index in [4.69, 9.17) is 10.5 Å². The number of carbonyl (C=O) groups is 1. The third-order valence-electron chi connectivity index (χ3n) is 4.16. The topological polar surface area (TPSA) is 52.3 Å². The van der Waals surface area contributed by atoms with Gasteiger partial charge in [-0.1, -0.05) is 27.2 Å². The Morgan fingerprint density at radius 2 is 2.11 bits per heavy atom. The molecule has 0 saturated heterocycles. The van der Waals surface area contributed by atoms with Gasteiger partial charge in [0.2, 0.25) is 0 Å². The minimum Gasteiger partial charge on any atom is -0.461 e. The number of hydrogen-bond acceptors (Lipinski definition) is 4. The van der Waals surface area contributed by atoms with Crippen LogP contribution in [0.15, 0.2) is 0 Å². The summed E-state index contributed by atoms with van der Waals surface area (Å²) >= 11 is 1.71. The first-order valence-corrected chi connectivity index (χ1v) is 8.80. The standard InChI is InChI=1S/C15H29NO2S/c1-10(2)12-6-5-11(3)9-14(12)18-15(17)13(16)7-8-19-4/h10-14H,5-9,16H2,1-4H3. The molecule has 2 N–H and O–H groups in total. The van der Waals surface area contributed by atoms with Gasteiger partial charge >= 0.3 is 5.97 Å². The van der Waals surface area contributed by atoms with E-state index in [0.29, 0.717) is 24.2 Å². The number of esters is 1. The van der Waals surface area contributed by atoms with E-state index in [2.05, 4.69) is 20.8 Å². The van der Waals surface area contributed by atoms with Crippen molar-refractivity contribution in [3.63, 3.8) is 0 Å². The molecule has 1 fully saturated rings. The molecule has 0 aromatic rings. The van der Waals surface area contributed by atoms with E-state index in [9.17, 15) is 4.79 Å². The molecule has 0 aromatic heterocycles. The van der Waals surface area contributed by atoms with E-state index < -0.39 is 6.04 Å². The van der Waals surface area contributed by atoms with Crippen molar-refractivity contribution in [1.82, 2.24) is 0 Å². The van der Waals surface area contributed by atoms with Crippen LogP contribution in [0.1, 0.15) is 46.5 Å². The maximum Gasteiger partial charge on any atom is 0.323 e. The number of nitrogens with two attached hydrogens (primary N) is 1. The average Bonchev–Trinajstić information content (AvgIpc) is 2.35. The summed E-state index contributed by atoms with van der Waals surface area (Å²) in [6.45, 7) is 6.68. The SMILES string of the molecule is CSCCC(N)C(=O)OC1CC(C)CCC1C(C)C. The molecule has 0 heterocycles. The summed E-state index contributed by atoms with van der Waals surface area (Å²) in [6, 6.07) is -0.461. The maximum absolute atomic E-state index is 12.0. The quantitative estimate of drug-likeness (QED) is 0.763. The van der Waals surface area contributed by atoms with Crippen LogP contribution in [-0.2, 0) is 9.53 Å². The predicted octanol–water partition coefficient (Wildman–Crippen LogP) is 3.07. The summed E-state index contributed by atoms with van der Waals surface area (Å²) in [5.74, 6) is 2.40. The van der Waals surface area contributed by atoms with Crippen molar-refractivity contribution in [3.8, 4) is 0 Å². The lowest BCUT2D eigenvalue weighted by Gasteiger charge is -2.37. The zero-order chi connectivity index (χ0) is 14.4. The molecule has 0 aliphatic heterocycles. The van der Waals surface area contributed by atoms with Gasteiger partial charge in [0.1, 0.15) is 12.1 Å². The van der Waals surface area contributed by atoms with Gasteiger partial charge in [-0.05, 0) is 49.0 Å². The largest absolute Gasteiger partial charge is 0.461 e. The van der Waals surface area contributed by atoms with Crippen LogP contribution < -0.4 is 5.73 Å². The Hall–Kier alpha value is -0.220. The minimum absolute atomic E-state index is 0.0663. The van der Waals surface area contributed by atoms with Gasteiger partial charge in [-0.15, -0.1) is 0 Å². The second-order valence-corrected chi connectivity index (χ2v) is 7.18. The predicted molar refractivity (Wildman–Crippen MR) is 82.2 cm³/mol. The maximum atomic E-state index is 12.0. The molecule has 0 amide bonds. The second-order valence-electron chi connectivity index (χ2n) is 6.19. The first-order valence-electron chi connectivity index (χ1n) is 7.40. The van der Waals surface area contributed by atoms with Gasteiger partial charge in [0.05, 0.1) is 0 Å². The molecule has 4 unspecified atom stereocenters. The molecule has 0 bridgehead atoms. The van der Waals surface area contributed by atoms with E-state index in [1.165, 1.54) is 6.42 Å². The number of carbonyl (C=O) groups excluding carboxylic acids is 1. The van der Waals surface area contributed by atoms with Gasteiger partial charge in [0.25, 0.3) is 0 Å². The third kappa shape index (κ3) is 5.35. The molecule has 1 aliphatic carbocycles. The Morgan fingerprint density at radius 1 is 1.42 bits per heavy atom. The lowest BCUT2D eigenvalue weighted by molar-refractivity contribution is -0.157. The molecule has 19 heavy (non-hydrogen) atoms. The number of hydrogen-bond donors (Lipinski definition) is 1. The van der Waals surface area contributed by atoms with Crippen molar-refractivity contribution >= 4 is 17.7 Å². The summed E-state index contributed by atoms with van der Waals surface area (Å²) in [5, 5.41) is 0. The Bertz CT molecular complexity index is 283. The van der Waals surface area contributed by atoms with E-state index in [1.807, 2.05) is 6.26 Å². The Labute approximate surface area is 122 Å². The van der Waals surface area contributed by atoms with Gasteiger partial charge in [-0.25, -0.2) is 0 Å². The number of thioether (sulfide) groups is 1. The van der Waals surface area contributed by atoms with Crippen molar-refractivity contribution in [2.75, 3.05) is 12.0 Å². The van der Waals surface area contributed by atoms with Crippen molar-refractivity contribution in [2.24, 2.45) is 23.5 Å². The zero-order valence-corrected chi connectivity index (χ0v) is 13.5. The molecular weight excluding hydrogens is 258 g/mol. The Morgan fingerprint density at radius 3 is 2.68 bits per heavy atom. The zero-order valence-electron chi connectivity index (χ0n) is 12.7. The van der Waals surface area contributed by atoms with Crippen LogP contribution in [0, 0.1) is 17.8 Å². The smallest absolute Gasteiger partial charge is 0.323 e. The molecule has 1 aliphatic rings. The first kappa shape index (κ1) is 16.8. The highest BCUT2D eigenvalue weighted by Crippen LogP contribution is 2.35. The van der Waals surface area contributed by atoms with E-state index >= 15 is 0 Å². The van der Waals surface area contributed by atoms with E-state index in [1.54, 1.807) is 11.8 Å². The Kier molecular flexibility index (Phi) is 7.22. The van der Waals surface area contributed by atoms with Crippen molar-refractivity contribution in [2.45, 2.75) is 58.6 Å². The summed E-state index contributed by atoms with van der Waals surface area (Å²) in [4.78, 5) is 12.0. The lowest BCUT2D eigenvalue weighted by Crippen LogP contribution is -2.41.